The number of benzene rings is 1. The van der Waals surface area contributed by atoms with Crippen molar-refractivity contribution in [3.63, 3.8) is 0 Å². The third kappa shape index (κ3) is 3.02. The van der Waals surface area contributed by atoms with Crippen LogP contribution >= 0.6 is 15.9 Å². The molecular formula is C10H12BrNO3. The van der Waals surface area contributed by atoms with E-state index in [0.29, 0.717) is 5.56 Å². The molecular weight excluding hydrogens is 262 g/mol. The lowest BCUT2D eigenvalue weighted by molar-refractivity contribution is -0.145. The number of aliphatic hydroxyl groups is 1. The summed E-state index contributed by atoms with van der Waals surface area (Å²) in [6, 6.07) is 5.90. The standard InChI is InChI=1S/C10H12BrNO3/c1-15-10(14)8(12)9(13)6-3-2-4-7(11)5-6/h2-5,8-9,13H,12H2,1H3/t8-,9-/m1/s1. The molecule has 0 saturated carbocycles. The van der Waals surface area contributed by atoms with Crippen molar-refractivity contribution in [1.82, 2.24) is 0 Å². The van der Waals surface area contributed by atoms with E-state index in [0.717, 1.165) is 4.47 Å². The van der Waals surface area contributed by atoms with Gasteiger partial charge in [0.2, 0.25) is 0 Å². The van der Waals surface area contributed by atoms with Crippen LogP contribution in [0.25, 0.3) is 0 Å². The van der Waals surface area contributed by atoms with Crippen LogP contribution in [0.2, 0.25) is 0 Å². The zero-order chi connectivity index (χ0) is 11.4. The van der Waals surface area contributed by atoms with Crippen LogP contribution < -0.4 is 5.73 Å². The molecule has 0 aromatic heterocycles. The molecule has 5 heteroatoms. The van der Waals surface area contributed by atoms with Gasteiger partial charge in [0, 0.05) is 4.47 Å². The quantitative estimate of drug-likeness (QED) is 0.806. The fourth-order valence-electron chi connectivity index (χ4n) is 1.16. The van der Waals surface area contributed by atoms with E-state index >= 15 is 0 Å². The molecule has 0 aliphatic rings. The van der Waals surface area contributed by atoms with Crippen LogP contribution in [-0.4, -0.2) is 24.2 Å². The summed E-state index contributed by atoms with van der Waals surface area (Å²) in [7, 11) is 1.23. The molecule has 1 aromatic carbocycles. The second-order valence-corrected chi connectivity index (χ2v) is 3.96. The van der Waals surface area contributed by atoms with E-state index in [1.807, 2.05) is 6.07 Å². The van der Waals surface area contributed by atoms with Crippen LogP contribution in [0.15, 0.2) is 28.7 Å². The van der Waals surface area contributed by atoms with Crippen LogP contribution in [0.4, 0.5) is 0 Å². The predicted octanol–water partition coefficient (Wildman–Crippen LogP) is 0.983. The molecule has 15 heavy (non-hydrogen) atoms. The second kappa shape index (κ2) is 5.25. The second-order valence-electron chi connectivity index (χ2n) is 3.05. The van der Waals surface area contributed by atoms with Gasteiger partial charge in [0.25, 0.3) is 0 Å². The van der Waals surface area contributed by atoms with Crippen LogP contribution in [0.1, 0.15) is 11.7 Å². The van der Waals surface area contributed by atoms with E-state index in [1.165, 1.54) is 7.11 Å². The van der Waals surface area contributed by atoms with E-state index in [2.05, 4.69) is 20.7 Å². The Morgan fingerprint density at radius 3 is 2.80 bits per heavy atom. The molecule has 0 amide bonds. The summed E-state index contributed by atoms with van der Waals surface area (Å²) in [6.07, 6.45) is -1.06. The molecule has 1 aromatic rings. The van der Waals surface area contributed by atoms with Crippen molar-refractivity contribution in [1.29, 1.82) is 0 Å². The maximum Gasteiger partial charge on any atom is 0.325 e. The number of carbonyl (C=O) groups excluding carboxylic acids is 1. The smallest absolute Gasteiger partial charge is 0.325 e. The van der Waals surface area contributed by atoms with Gasteiger partial charge in [-0.1, -0.05) is 28.1 Å². The normalized spacial score (nSPS) is 14.4. The molecule has 1 rings (SSSR count). The first-order chi connectivity index (χ1) is 7.06. The molecule has 82 valence electrons. The first-order valence-corrected chi connectivity index (χ1v) is 5.12. The number of halogens is 1. The Bertz CT molecular complexity index is 356. The maximum atomic E-state index is 11.1. The van der Waals surface area contributed by atoms with Crippen molar-refractivity contribution in [2.45, 2.75) is 12.1 Å². The minimum atomic E-state index is -1.07. The fourth-order valence-corrected chi connectivity index (χ4v) is 1.58. The summed E-state index contributed by atoms with van der Waals surface area (Å²) in [5.74, 6) is -0.637. The SMILES string of the molecule is COC(=O)[C@H](N)[C@H](O)c1cccc(Br)c1. The number of ether oxygens (including phenoxy) is 1. The Morgan fingerprint density at radius 2 is 2.27 bits per heavy atom. The topological polar surface area (TPSA) is 72.5 Å². The van der Waals surface area contributed by atoms with Gasteiger partial charge in [-0.2, -0.15) is 0 Å². The average Bonchev–Trinajstić information content (AvgIpc) is 2.26. The zero-order valence-electron chi connectivity index (χ0n) is 8.18. The van der Waals surface area contributed by atoms with Gasteiger partial charge in [0.1, 0.15) is 12.1 Å². The van der Waals surface area contributed by atoms with Gasteiger partial charge >= 0.3 is 5.97 Å². The van der Waals surface area contributed by atoms with Crippen LogP contribution in [-0.2, 0) is 9.53 Å². The summed E-state index contributed by atoms with van der Waals surface area (Å²) in [5.41, 5.74) is 6.09. The number of carbonyl (C=O) groups is 1. The molecule has 0 radical (unpaired) electrons. The molecule has 4 nitrogen and oxygen atoms in total. The highest BCUT2D eigenvalue weighted by Gasteiger charge is 2.24. The Hall–Kier alpha value is -0.910. The maximum absolute atomic E-state index is 11.1. The molecule has 0 unspecified atom stereocenters. The highest BCUT2D eigenvalue weighted by Crippen LogP contribution is 2.20. The number of esters is 1. The summed E-state index contributed by atoms with van der Waals surface area (Å²) >= 11 is 3.27. The monoisotopic (exact) mass is 273 g/mol. The summed E-state index contributed by atoms with van der Waals surface area (Å²) < 4.78 is 5.27. The summed E-state index contributed by atoms with van der Waals surface area (Å²) in [6.45, 7) is 0. The third-order valence-corrected chi connectivity index (χ3v) is 2.50. The lowest BCUT2D eigenvalue weighted by Gasteiger charge is -2.16. The van der Waals surface area contributed by atoms with Crippen LogP contribution in [0, 0.1) is 0 Å². The zero-order valence-corrected chi connectivity index (χ0v) is 9.77. The van der Waals surface area contributed by atoms with Gasteiger partial charge in [-0.15, -0.1) is 0 Å². The molecule has 0 bridgehead atoms. The van der Waals surface area contributed by atoms with E-state index < -0.39 is 18.1 Å². The lowest BCUT2D eigenvalue weighted by Crippen LogP contribution is -2.37. The van der Waals surface area contributed by atoms with Gasteiger partial charge in [0.15, 0.2) is 0 Å². The molecule has 3 N–H and O–H groups in total. The number of nitrogens with two attached hydrogens (primary N) is 1. The largest absolute Gasteiger partial charge is 0.468 e. The van der Waals surface area contributed by atoms with E-state index in [9.17, 15) is 9.90 Å². The number of hydrogen-bond acceptors (Lipinski definition) is 4. The first-order valence-electron chi connectivity index (χ1n) is 4.33. The number of rotatable bonds is 3. The van der Waals surface area contributed by atoms with Gasteiger partial charge in [-0.05, 0) is 17.7 Å². The molecule has 0 fully saturated rings. The predicted molar refractivity (Wildman–Crippen MR) is 59.1 cm³/mol. The van der Waals surface area contributed by atoms with Gasteiger partial charge in [-0.3, -0.25) is 4.79 Å². The number of hydrogen-bond donors (Lipinski definition) is 2. The van der Waals surface area contributed by atoms with Gasteiger partial charge in [-0.25, -0.2) is 0 Å². The third-order valence-electron chi connectivity index (χ3n) is 2.00. The highest BCUT2D eigenvalue weighted by molar-refractivity contribution is 9.10. The van der Waals surface area contributed by atoms with Crippen molar-refractivity contribution in [2.24, 2.45) is 5.73 Å². The van der Waals surface area contributed by atoms with E-state index in [1.54, 1.807) is 18.2 Å². The number of methoxy groups -OCH3 is 1. The Labute approximate surface area is 96.2 Å². The minimum Gasteiger partial charge on any atom is -0.468 e. The highest BCUT2D eigenvalue weighted by atomic mass is 79.9. The lowest BCUT2D eigenvalue weighted by atomic mass is 10.0. The molecule has 0 heterocycles. The molecule has 0 spiro atoms. The van der Waals surface area contributed by atoms with Crippen molar-refractivity contribution in [3.8, 4) is 0 Å². The molecule has 2 atom stereocenters. The molecule has 0 aliphatic heterocycles. The van der Waals surface area contributed by atoms with Gasteiger partial charge in [0.05, 0.1) is 7.11 Å². The van der Waals surface area contributed by atoms with Crippen LogP contribution in [0.5, 0.6) is 0 Å². The first kappa shape index (κ1) is 12.2. The van der Waals surface area contributed by atoms with Crippen molar-refractivity contribution in [3.05, 3.63) is 34.3 Å². The van der Waals surface area contributed by atoms with Crippen LogP contribution in [0.3, 0.4) is 0 Å². The molecule has 0 saturated heterocycles. The Kier molecular flexibility index (Phi) is 4.26. The van der Waals surface area contributed by atoms with Crippen molar-refractivity contribution < 1.29 is 14.6 Å². The van der Waals surface area contributed by atoms with E-state index in [4.69, 9.17) is 5.73 Å². The summed E-state index contributed by atoms with van der Waals surface area (Å²) in [4.78, 5) is 11.1. The van der Waals surface area contributed by atoms with Crippen molar-refractivity contribution >= 4 is 21.9 Å². The summed E-state index contributed by atoms with van der Waals surface area (Å²) in [5, 5.41) is 9.77. The Balaban J connectivity index is 2.84. The average molecular weight is 274 g/mol. The van der Waals surface area contributed by atoms with Gasteiger partial charge < -0.3 is 15.6 Å². The minimum absolute atomic E-state index is 0.572. The van der Waals surface area contributed by atoms with Crippen molar-refractivity contribution in [2.75, 3.05) is 7.11 Å². The molecule has 0 aliphatic carbocycles. The van der Waals surface area contributed by atoms with E-state index in [-0.39, 0.29) is 0 Å². The number of aliphatic hydroxyl groups excluding tert-OH is 1. The fraction of sp³-hybridized carbons (Fsp3) is 0.300. The Morgan fingerprint density at radius 1 is 1.60 bits per heavy atom.